The Morgan fingerprint density at radius 3 is 1.84 bits per heavy atom. The molecule has 0 heterocycles. The zero-order chi connectivity index (χ0) is 19.1. The Morgan fingerprint density at radius 2 is 1.36 bits per heavy atom. The van der Waals surface area contributed by atoms with Gasteiger partial charge in [-0.3, -0.25) is 19.0 Å². The van der Waals surface area contributed by atoms with Crippen LogP contribution in [-0.2, 0) is 19.7 Å². The molecule has 0 saturated heterocycles. The standard InChI is InChI=1S/C17H34N2O5S/c1-2-3-4-5-6-7-8-9-10-11-16(20)19(17(21)12-13-18)14-15-25(22,23)24/h2-15,18H2,1H3,(H,22,23,24). The van der Waals surface area contributed by atoms with Crippen molar-refractivity contribution < 1.29 is 22.6 Å². The third kappa shape index (κ3) is 13.9. The molecule has 0 atom stereocenters. The first-order chi connectivity index (χ1) is 11.8. The molecule has 0 bridgehead atoms. The fourth-order valence-corrected chi connectivity index (χ4v) is 2.99. The monoisotopic (exact) mass is 378 g/mol. The quantitative estimate of drug-likeness (QED) is 0.334. The van der Waals surface area contributed by atoms with Crippen LogP contribution in [0.5, 0.6) is 0 Å². The van der Waals surface area contributed by atoms with Gasteiger partial charge in [0.1, 0.15) is 0 Å². The lowest BCUT2D eigenvalue weighted by molar-refractivity contribution is -0.144. The summed E-state index contributed by atoms with van der Waals surface area (Å²) >= 11 is 0. The highest BCUT2D eigenvalue weighted by Crippen LogP contribution is 2.11. The second-order valence-corrected chi connectivity index (χ2v) is 7.91. The topological polar surface area (TPSA) is 118 Å². The molecule has 0 fully saturated rings. The molecule has 0 aromatic rings. The molecule has 0 aliphatic rings. The minimum atomic E-state index is -4.22. The number of imide groups is 1. The van der Waals surface area contributed by atoms with Crippen LogP contribution < -0.4 is 5.73 Å². The number of nitrogens with two attached hydrogens (primary N) is 1. The van der Waals surface area contributed by atoms with Gasteiger partial charge in [0, 0.05) is 25.9 Å². The molecule has 0 rings (SSSR count). The number of carbonyl (C=O) groups is 2. The van der Waals surface area contributed by atoms with Gasteiger partial charge in [0.25, 0.3) is 10.1 Å². The van der Waals surface area contributed by atoms with Crippen molar-refractivity contribution in [3.05, 3.63) is 0 Å². The Balaban J connectivity index is 4.10. The summed E-state index contributed by atoms with van der Waals surface area (Å²) < 4.78 is 30.5. The maximum absolute atomic E-state index is 12.2. The molecule has 0 aromatic carbocycles. The fourth-order valence-electron chi connectivity index (χ4n) is 2.58. The lowest BCUT2D eigenvalue weighted by Crippen LogP contribution is -2.40. The summed E-state index contributed by atoms with van der Waals surface area (Å²) in [5, 5.41) is 0. The Morgan fingerprint density at radius 1 is 0.880 bits per heavy atom. The third-order valence-corrected chi connectivity index (χ3v) is 4.73. The SMILES string of the molecule is CCCCCCCCCCCC(=O)N(CCS(=O)(=O)O)C(=O)CCN. The number of unbranched alkanes of at least 4 members (excludes halogenated alkanes) is 8. The highest BCUT2D eigenvalue weighted by atomic mass is 32.2. The Kier molecular flexibility index (Phi) is 13.6. The number of amides is 2. The Labute approximate surface area is 152 Å². The second-order valence-electron chi connectivity index (χ2n) is 6.34. The normalized spacial score (nSPS) is 11.5. The lowest BCUT2D eigenvalue weighted by Gasteiger charge is -2.20. The average molecular weight is 379 g/mol. The fraction of sp³-hybridized carbons (Fsp3) is 0.882. The van der Waals surface area contributed by atoms with Crippen molar-refractivity contribution in [2.24, 2.45) is 5.73 Å². The van der Waals surface area contributed by atoms with Crippen molar-refractivity contribution in [2.75, 3.05) is 18.8 Å². The zero-order valence-electron chi connectivity index (χ0n) is 15.4. The predicted molar refractivity (Wildman–Crippen MR) is 98.7 cm³/mol. The zero-order valence-corrected chi connectivity index (χ0v) is 16.2. The predicted octanol–water partition coefficient (Wildman–Crippen LogP) is 2.50. The van der Waals surface area contributed by atoms with E-state index in [2.05, 4.69) is 6.92 Å². The van der Waals surface area contributed by atoms with Crippen LogP contribution in [0, 0.1) is 0 Å². The van der Waals surface area contributed by atoms with Gasteiger partial charge in [-0.05, 0) is 6.42 Å². The summed E-state index contributed by atoms with van der Waals surface area (Å²) in [6.07, 6.45) is 10.2. The molecule has 0 aliphatic carbocycles. The van der Waals surface area contributed by atoms with Gasteiger partial charge in [-0.15, -0.1) is 0 Å². The summed E-state index contributed by atoms with van der Waals surface area (Å²) in [6.45, 7) is 1.95. The van der Waals surface area contributed by atoms with E-state index in [4.69, 9.17) is 10.3 Å². The van der Waals surface area contributed by atoms with E-state index in [-0.39, 0.29) is 25.9 Å². The van der Waals surface area contributed by atoms with Crippen LogP contribution in [0.4, 0.5) is 0 Å². The molecule has 0 aromatic heterocycles. The van der Waals surface area contributed by atoms with E-state index < -0.39 is 27.7 Å². The molecule has 2 amide bonds. The van der Waals surface area contributed by atoms with Gasteiger partial charge in [-0.2, -0.15) is 8.42 Å². The van der Waals surface area contributed by atoms with Gasteiger partial charge in [-0.25, -0.2) is 0 Å². The highest BCUT2D eigenvalue weighted by molar-refractivity contribution is 7.85. The van der Waals surface area contributed by atoms with Crippen molar-refractivity contribution in [1.82, 2.24) is 4.90 Å². The molecule has 0 radical (unpaired) electrons. The molecule has 0 saturated carbocycles. The van der Waals surface area contributed by atoms with E-state index in [0.29, 0.717) is 6.42 Å². The maximum atomic E-state index is 12.2. The van der Waals surface area contributed by atoms with Crippen molar-refractivity contribution >= 4 is 21.9 Å². The Bertz CT molecular complexity index is 479. The summed E-state index contributed by atoms with van der Waals surface area (Å²) in [5.74, 6) is -1.54. The molecule has 3 N–H and O–H groups in total. The number of carbonyl (C=O) groups excluding carboxylic acids is 2. The summed E-state index contributed by atoms with van der Waals surface area (Å²) in [7, 11) is -4.22. The van der Waals surface area contributed by atoms with Crippen LogP contribution in [0.1, 0.15) is 77.6 Å². The van der Waals surface area contributed by atoms with Crippen molar-refractivity contribution in [3.63, 3.8) is 0 Å². The minimum absolute atomic E-state index is 0.0189. The minimum Gasteiger partial charge on any atom is -0.330 e. The largest absolute Gasteiger partial charge is 0.330 e. The highest BCUT2D eigenvalue weighted by Gasteiger charge is 2.22. The smallest absolute Gasteiger partial charge is 0.266 e. The van der Waals surface area contributed by atoms with Crippen LogP contribution in [0.25, 0.3) is 0 Å². The number of nitrogens with zero attached hydrogens (tertiary/aromatic N) is 1. The van der Waals surface area contributed by atoms with Crippen LogP contribution >= 0.6 is 0 Å². The van der Waals surface area contributed by atoms with Crippen LogP contribution in [0.15, 0.2) is 0 Å². The first-order valence-corrected chi connectivity index (χ1v) is 10.9. The molecule has 7 nitrogen and oxygen atoms in total. The number of hydrogen-bond acceptors (Lipinski definition) is 5. The van der Waals surface area contributed by atoms with E-state index >= 15 is 0 Å². The van der Waals surface area contributed by atoms with Crippen molar-refractivity contribution in [1.29, 1.82) is 0 Å². The number of hydrogen-bond donors (Lipinski definition) is 2. The van der Waals surface area contributed by atoms with E-state index in [1.807, 2.05) is 0 Å². The van der Waals surface area contributed by atoms with E-state index in [0.717, 1.165) is 24.2 Å². The summed E-state index contributed by atoms with van der Waals surface area (Å²) in [4.78, 5) is 25.0. The number of rotatable bonds is 15. The van der Waals surface area contributed by atoms with Gasteiger partial charge in [0.05, 0.1) is 5.75 Å². The van der Waals surface area contributed by atoms with Gasteiger partial charge in [-0.1, -0.05) is 58.3 Å². The Hall–Kier alpha value is -0.990. The third-order valence-electron chi connectivity index (χ3n) is 4.03. The molecule has 8 heteroatoms. The van der Waals surface area contributed by atoms with Crippen LogP contribution in [-0.4, -0.2) is 48.5 Å². The van der Waals surface area contributed by atoms with E-state index in [9.17, 15) is 18.0 Å². The maximum Gasteiger partial charge on any atom is 0.266 e. The second kappa shape index (κ2) is 14.2. The first-order valence-electron chi connectivity index (χ1n) is 9.30. The van der Waals surface area contributed by atoms with E-state index in [1.165, 1.54) is 32.1 Å². The van der Waals surface area contributed by atoms with Crippen LogP contribution in [0.2, 0.25) is 0 Å². The lowest BCUT2D eigenvalue weighted by atomic mass is 10.1. The molecule has 148 valence electrons. The van der Waals surface area contributed by atoms with Gasteiger partial charge < -0.3 is 5.73 Å². The molecule has 25 heavy (non-hydrogen) atoms. The summed E-state index contributed by atoms with van der Waals surface area (Å²) in [6, 6.07) is 0. The first kappa shape index (κ1) is 24.0. The molecular weight excluding hydrogens is 344 g/mol. The summed E-state index contributed by atoms with van der Waals surface area (Å²) in [5.41, 5.74) is 5.32. The van der Waals surface area contributed by atoms with Gasteiger partial charge in [0.15, 0.2) is 0 Å². The molecule has 0 spiro atoms. The van der Waals surface area contributed by atoms with Crippen molar-refractivity contribution in [2.45, 2.75) is 77.6 Å². The van der Waals surface area contributed by atoms with Crippen molar-refractivity contribution in [3.8, 4) is 0 Å². The van der Waals surface area contributed by atoms with Gasteiger partial charge >= 0.3 is 0 Å². The molecule has 0 aliphatic heterocycles. The van der Waals surface area contributed by atoms with E-state index in [1.54, 1.807) is 0 Å². The van der Waals surface area contributed by atoms with Gasteiger partial charge in [0.2, 0.25) is 11.8 Å². The van der Waals surface area contributed by atoms with Crippen LogP contribution in [0.3, 0.4) is 0 Å². The molecular formula is C17H34N2O5S. The molecule has 0 unspecified atom stereocenters. The average Bonchev–Trinajstić information content (AvgIpc) is 2.52.